The Morgan fingerprint density at radius 3 is 2.94 bits per heavy atom. The molecule has 3 aromatic rings. The molecular formula is C13H10N2O3. The maximum absolute atomic E-state index is 11.1. The van der Waals surface area contributed by atoms with Gasteiger partial charge in [-0.3, -0.25) is 0 Å². The number of aromatic carboxylic acids is 1. The summed E-state index contributed by atoms with van der Waals surface area (Å²) >= 11 is 0. The second-order valence-corrected chi connectivity index (χ2v) is 3.96. The third-order valence-electron chi connectivity index (χ3n) is 2.77. The van der Waals surface area contributed by atoms with Crippen molar-refractivity contribution < 1.29 is 14.3 Å². The summed E-state index contributed by atoms with van der Waals surface area (Å²) in [5, 5.41) is 10.0. The molecule has 2 aromatic heterocycles. The number of nitrogens with zero attached hydrogens (tertiary/aromatic N) is 1. The van der Waals surface area contributed by atoms with Gasteiger partial charge in [-0.2, -0.15) is 0 Å². The monoisotopic (exact) mass is 242 g/mol. The number of aromatic nitrogens is 2. The summed E-state index contributed by atoms with van der Waals surface area (Å²) in [6, 6.07) is 7.64. The van der Waals surface area contributed by atoms with Crippen LogP contribution in [0.3, 0.4) is 0 Å². The van der Waals surface area contributed by atoms with E-state index < -0.39 is 5.97 Å². The lowest BCUT2D eigenvalue weighted by Gasteiger charge is -1.95. The fourth-order valence-electron chi connectivity index (χ4n) is 2.02. The maximum atomic E-state index is 11.1. The molecule has 0 atom stereocenters. The Bertz CT molecular complexity index is 740. The number of carboxylic acids is 1. The number of aromatic amines is 1. The summed E-state index contributed by atoms with van der Waals surface area (Å²) in [6.45, 7) is 1.63. The van der Waals surface area contributed by atoms with Crippen molar-refractivity contribution in [2.45, 2.75) is 6.92 Å². The summed E-state index contributed by atoms with van der Waals surface area (Å²) in [7, 11) is 0. The molecule has 0 spiro atoms. The van der Waals surface area contributed by atoms with Gasteiger partial charge in [0.1, 0.15) is 5.69 Å². The average molecular weight is 242 g/mol. The Kier molecular flexibility index (Phi) is 2.19. The number of hydrogen-bond acceptors (Lipinski definition) is 3. The van der Waals surface area contributed by atoms with Crippen LogP contribution in [0.25, 0.3) is 22.2 Å². The predicted octanol–water partition coefficient (Wildman–Crippen LogP) is 2.83. The van der Waals surface area contributed by atoms with Crippen molar-refractivity contribution in [2.75, 3.05) is 0 Å². The van der Waals surface area contributed by atoms with Crippen LogP contribution >= 0.6 is 0 Å². The van der Waals surface area contributed by atoms with Crippen molar-refractivity contribution in [1.82, 2.24) is 9.97 Å². The van der Waals surface area contributed by atoms with Gasteiger partial charge in [0.05, 0.1) is 0 Å². The highest BCUT2D eigenvalue weighted by Gasteiger charge is 2.21. The van der Waals surface area contributed by atoms with Crippen LogP contribution in [0.15, 0.2) is 34.9 Å². The predicted molar refractivity (Wildman–Crippen MR) is 65.5 cm³/mol. The quantitative estimate of drug-likeness (QED) is 0.724. The van der Waals surface area contributed by atoms with Gasteiger partial charge in [0.25, 0.3) is 0 Å². The number of para-hydroxylation sites is 1. The summed E-state index contributed by atoms with van der Waals surface area (Å²) in [5.41, 5.74) is 2.03. The molecule has 0 aliphatic heterocycles. The van der Waals surface area contributed by atoms with Gasteiger partial charge in [-0.25, -0.2) is 9.78 Å². The highest BCUT2D eigenvalue weighted by atomic mass is 16.4. The number of benzene rings is 1. The van der Waals surface area contributed by atoms with Gasteiger partial charge >= 0.3 is 5.97 Å². The van der Waals surface area contributed by atoms with Crippen LogP contribution in [-0.2, 0) is 0 Å². The van der Waals surface area contributed by atoms with E-state index in [0.29, 0.717) is 11.6 Å². The number of fused-ring (bicyclic) bond motifs is 1. The van der Waals surface area contributed by atoms with Gasteiger partial charge in [-0.15, -0.1) is 0 Å². The molecule has 0 amide bonds. The van der Waals surface area contributed by atoms with Crippen LogP contribution in [-0.4, -0.2) is 21.0 Å². The van der Waals surface area contributed by atoms with E-state index in [1.165, 1.54) is 0 Å². The number of carboxylic acid groups (broad SMARTS) is 1. The van der Waals surface area contributed by atoms with Crippen LogP contribution in [0, 0.1) is 6.92 Å². The Morgan fingerprint density at radius 2 is 2.17 bits per heavy atom. The van der Waals surface area contributed by atoms with E-state index in [1.807, 2.05) is 24.3 Å². The number of oxazole rings is 1. The van der Waals surface area contributed by atoms with E-state index in [2.05, 4.69) is 9.97 Å². The molecule has 2 heterocycles. The third-order valence-corrected chi connectivity index (χ3v) is 2.77. The highest BCUT2D eigenvalue weighted by Crippen LogP contribution is 2.30. The van der Waals surface area contributed by atoms with Crippen molar-refractivity contribution in [3.05, 3.63) is 42.1 Å². The van der Waals surface area contributed by atoms with E-state index in [9.17, 15) is 4.79 Å². The molecule has 18 heavy (non-hydrogen) atoms. The Morgan fingerprint density at radius 1 is 1.39 bits per heavy atom. The number of hydrogen-bond donors (Lipinski definition) is 2. The fourth-order valence-corrected chi connectivity index (χ4v) is 2.02. The maximum Gasteiger partial charge on any atom is 0.374 e. The normalized spacial score (nSPS) is 10.9. The van der Waals surface area contributed by atoms with Crippen molar-refractivity contribution in [3.8, 4) is 11.3 Å². The minimum atomic E-state index is -1.11. The van der Waals surface area contributed by atoms with Crippen LogP contribution in [0.5, 0.6) is 0 Å². The molecule has 0 saturated heterocycles. The van der Waals surface area contributed by atoms with Crippen molar-refractivity contribution in [2.24, 2.45) is 0 Å². The molecule has 2 N–H and O–H groups in total. The summed E-state index contributed by atoms with van der Waals surface area (Å²) in [6.07, 6.45) is 1.74. The molecule has 5 heteroatoms. The third kappa shape index (κ3) is 1.48. The zero-order chi connectivity index (χ0) is 12.7. The summed E-state index contributed by atoms with van der Waals surface area (Å²) in [4.78, 5) is 18.4. The number of carbonyl (C=O) groups is 1. The minimum absolute atomic E-state index is 0.128. The molecule has 0 aliphatic rings. The molecule has 90 valence electrons. The Hall–Kier alpha value is -2.56. The zero-order valence-electron chi connectivity index (χ0n) is 9.60. The lowest BCUT2D eigenvalue weighted by Crippen LogP contribution is -1.96. The van der Waals surface area contributed by atoms with Crippen LogP contribution in [0.4, 0.5) is 0 Å². The molecule has 3 rings (SSSR count). The van der Waals surface area contributed by atoms with E-state index in [0.717, 1.165) is 16.5 Å². The van der Waals surface area contributed by atoms with Gasteiger partial charge in [-0.05, 0) is 6.07 Å². The fraction of sp³-hybridized carbons (Fsp3) is 0.0769. The SMILES string of the molecule is Cc1nc(-c2c[nH]c3ccccc23)c(C(=O)O)o1. The molecule has 0 saturated carbocycles. The van der Waals surface area contributed by atoms with Crippen LogP contribution in [0.2, 0.25) is 0 Å². The zero-order valence-corrected chi connectivity index (χ0v) is 9.60. The van der Waals surface area contributed by atoms with Crippen LogP contribution in [0.1, 0.15) is 16.4 Å². The van der Waals surface area contributed by atoms with E-state index >= 15 is 0 Å². The molecule has 0 bridgehead atoms. The molecule has 0 unspecified atom stereocenters. The van der Waals surface area contributed by atoms with Crippen LogP contribution < -0.4 is 0 Å². The smallest absolute Gasteiger partial charge is 0.374 e. The molecule has 1 aromatic carbocycles. The topological polar surface area (TPSA) is 79.1 Å². The molecule has 5 nitrogen and oxygen atoms in total. The molecule has 0 aliphatic carbocycles. The Balaban J connectivity index is 2.29. The molecule has 0 fully saturated rings. The van der Waals surface area contributed by atoms with E-state index in [4.69, 9.17) is 9.52 Å². The highest BCUT2D eigenvalue weighted by molar-refractivity contribution is 6.00. The van der Waals surface area contributed by atoms with Gasteiger partial charge in [0.15, 0.2) is 5.89 Å². The van der Waals surface area contributed by atoms with Gasteiger partial charge in [-0.1, -0.05) is 18.2 Å². The minimum Gasteiger partial charge on any atom is -0.475 e. The number of nitrogens with one attached hydrogen (secondary N) is 1. The second kappa shape index (κ2) is 3.73. The number of aryl methyl sites for hydroxylation is 1. The first-order chi connectivity index (χ1) is 8.66. The summed E-state index contributed by atoms with van der Waals surface area (Å²) < 4.78 is 5.12. The first-order valence-corrected chi connectivity index (χ1v) is 5.44. The first-order valence-electron chi connectivity index (χ1n) is 5.44. The van der Waals surface area contributed by atoms with Crippen molar-refractivity contribution in [3.63, 3.8) is 0 Å². The molecule has 0 radical (unpaired) electrons. The lowest BCUT2D eigenvalue weighted by atomic mass is 10.1. The second-order valence-electron chi connectivity index (χ2n) is 3.96. The average Bonchev–Trinajstić information content (AvgIpc) is 2.92. The van der Waals surface area contributed by atoms with Crippen molar-refractivity contribution in [1.29, 1.82) is 0 Å². The van der Waals surface area contributed by atoms with Gasteiger partial charge in [0, 0.05) is 29.6 Å². The van der Waals surface area contributed by atoms with Gasteiger partial charge < -0.3 is 14.5 Å². The van der Waals surface area contributed by atoms with E-state index in [1.54, 1.807) is 13.1 Å². The van der Waals surface area contributed by atoms with Crippen molar-refractivity contribution >= 4 is 16.9 Å². The number of H-pyrrole nitrogens is 1. The standard InChI is InChI=1S/C13H10N2O3/c1-7-15-11(12(18-7)13(16)17)9-6-14-10-5-3-2-4-8(9)10/h2-6,14H,1H3,(H,16,17). The molecular weight excluding hydrogens is 232 g/mol. The lowest BCUT2D eigenvalue weighted by molar-refractivity contribution is 0.0662. The number of rotatable bonds is 2. The van der Waals surface area contributed by atoms with Gasteiger partial charge in [0.2, 0.25) is 5.76 Å². The first kappa shape index (κ1) is 10.6. The largest absolute Gasteiger partial charge is 0.475 e. The van der Waals surface area contributed by atoms with E-state index in [-0.39, 0.29) is 5.76 Å². The Labute approximate surface area is 102 Å². The summed E-state index contributed by atoms with van der Waals surface area (Å²) in [5.74, 6) is -0.902.